The molecule has 1 aliphatic heterocycles. The first-order chi connectivity index (χ1) is 16.1. The third kappa shape index (κ3) is 6.03. The zero-order valence-corrected chi connectivity index (χ0v) is 18.6. The van der Waals surface area contributed by atoms with E-state index in [1.54, 1.807) is 24.3 Å². The quantitative estimate of drug-likeness (QED) is 0.481. The van der Waals surface area contributed by atoms with Crippen LogP contribution in [0, 0.1) is 0 Å². The van der Waals surface area contributed by atoms with Gasteiger partial charge in [0.05, 0.1) is 30.5 Å². The van der Waals surface area contributed by atoms with Gasteiger partial charge in [0.15, 0.2) is 11.5 Å². The van der Waals surface area contributed by atoms with Crippen molar-refractivity contribution in [3.05, 3.63) is 83.4 Å². The summed E-state index contributed by atoms with van der Waals surface area (Å²) in [5, 5.41) is 9.04. The first kappa shape index (κ1) is 22.6. The molecule has 0 saturated heterocycles. The maximum atomic E-state index is 13.0. The van der Waals surface area contributed by atoms with E-state index < -0.39 is 6.04 Å². The first-order valence-electron chi connectivity index (χ1n) is 10.6. The van der Waals surface area contributed by atoms with Gasteiger partial charge in [-0.15, -0.1) is 0 Å². The number of rotatable bonds is 7. The number of carbonyl (C=O) groups is 2. The number of ether oxygens (including phenoxy) is 2. The van der Waals surface area contributed by atoms with Crippen LogP contribution in [0.1, 0.15) is 18.0 Å². The maximum absolute atomic E-state index is 13.0. The highest BCUT2D eigenvalue weighted by Gasteiger charge is 2.22. The van der Waals surface area contributed by atoms with Crippen molar-refractivity contribution in [2.75, 3.05) is 30.4 Å². The predicted molar refractivity (Wildman–Crippen MR) is 128 cm³/mol. The number of fused-ring (bicyclic) bond motifs is 1. The molecular weight excluding hydrogens is 442 g/mol. The number of nitrogens with one attached hydrogen (secondary N) is 3. The van der Waals surface area contributed by atoms with Crippen LogP contribution >= 0.6 is 11.6 Å². The zero-order chi connectivity index (χ0) is 23.0. The Morgan fingerprint density at radius 3 is 2.21 bits per heavy atom. The van der Waals surface area contributed by atoms with Crippen LogP contribution in [0.3, 0.4) is 0 Å². The highest BCUT2D eigenvalue weighted by Crippen LogP contribution is 2.37. The molecular formula is C25H24ClN3O4. The van der Waals surface area contributed by atoms with Crippen LogP contribution in [-0.4, -0.2) is 31.6 Å². The van der Waals surface area contributed by atoms with Crippen molar-refractivity contribution in [2.24, 2.45) is 0 Å². The second-order valence-electron chi connectivity index (χ2n) is 7.46. The Balaban J connectivity index is 1.44. The number of carbonyl (C=O) groups excluding carboxylic acids is 2. The summed E-state index contributed by atoms with van der Waals surface area (Å²) in [6, 6.07) is 20.9. The van der Waals surface area contributed by atoms with Crippen LogP contribution in [0.2, 0.25) is 5.02 Å². The van der Waals surface area contributed by atoms with Crippen LogP contribution in [0.4, 0.5) is 11.4 Å². The number of halogens is 1. The summed E-state index contributed by atoms with van der Waals surface area (Å²) in [6.07, 6.45) is 0.768. The van der Waals surface area contributed by atoms with Crippen LogP contribution in [0.25, 0.3) is 0 Å². The van der Waals surface area contributed by atoms with Gasteiger partial charge in [0.25, 0.3) is 0 Å². The lowest BCUT2D eigenvalue weighted by Crippen LogP contribution is -2.37. The Morgan fingerprint density at radius 1 is 0.879 bits per heavy atom. The molecule has 8 heteroatoms. The fourth-order valence-corrected chi connectivity index (χ4v) is 3.61. The van der Waals surface area contributed by atoms with Crippen LogP contribution in [0.15, 0.2) is 72.8 Å². The largest absolute Gasteiger partial charge is 0.490 e. The van der Waals surface area contributed by atoms with Crippen molar-refractivity contribution >= 4 is 34.8 Å². The molecule has 1 atom stereocenters. The van der Waals surface area contributed by atoms with Gasteiger partial charge in [-0.25, -0.2) is 0 Å². The summed E-state index contributed by atoms with van der Waals surface area (Å²) in [4.78, 5) is 25.7. The van der Waals surface area contributed by atoms with Gasteiger partial charge in [-0.3, -0.25) is 14.9 Å². The number of amides is 2. The second-order valence-corrected chi connectivity index (χ2v) is 7.86. The topological polar surface area (TPSA) is 88.7 Å². The van der Waals surface area contributed by atoms with Crippen molar-refractivity contribution in [1.82, 2.24) is 5.32 Å². The van der Waals surface area contributed by atoms with Gasteiger partial charge in [0.1, 0.15) is 6.04 Å². The average molecular weight is 466 g/mol. The number of benzene rings is 3. The molecule has 7 nitrogen and oxygen atoms in total. The molecule has 0 aliphatic carbocycles. The molecule has 1 unspecified atom stereocenters. The van der Waals surface area contributed by atoms with Gasteiger partial charge >= 0.3 is 0 Å². The molecule has 1 aliphatic rings. The standard InChI is InChI=1S/C25H24ClN3O4/c26-19-14-21-22(33-13-7-12-32-21)15-20(19)29-23(30)16-27-24(17-8-3-1-4-9-17)25(31)28-18-10-5-2-6-11-18/h1-6,8-11,14-15,24,27H,7,12-13,16H2,(H,28,31)(H,29,30). The van der Waals surface area contributed by atoms with Crippen LogP contribution in [0.5, 0.6) is 11.5 Å². The Kier molecular flexibility index (Phi) is 7.44. The smallest absolute Gasteiger partial charge is 0.246 e. The average Bonchev–Trinajstić information content (AvgIpc) is 3.05. The number of anilines is 2. The molecule has 3 aromatic carbocycles. The maximum Gasteiger partial charge on any atom is 0.246 e. The molecule has 4 rings (SSSR count). The van der Waals surface area contributed by atoms with Gasteiger partial charge < -0.3 is 20.1 Å². The molecule has 0 bridgehead atoms. The van der Waals surface area contributed by atoms with Crippen LogP contribution < -0.4 is 25.4 Å². The van der Waals surface area contributed by atoms with E-state index >= 15 is 0 Å². The summed E-state index contributed by atoms with van der Waals surface area (Å²) in [5.74, 6) is 0.466. The number of hydrogen-bond acceptors (Lipinski definition) is 5. The first-order valence-corrected chi connectivity index (χ1v) is 11.0. The monoisotopic (exact) mass is 465 g/mol. The van der Waals surface area contributed by atoms with Crippen molar-refractivity contribution < 1.29 is 19.1 Å². The fraction of sp³-hybridized carbons (Fsp3) is 0.200. The third-order valence-corrected chi connectivity index (χ3v) is 5.33. The molecule has 2 amide bonds. The van der Waals surface area contributed by atoms with Gasteiger partial charge in [0.2, 0.25) is 11.8 Å². The lowest BCUT2D eigenvalue weighted by Gasteiger charge is -2.19. The van der Waals surface area contributed by atoms with E-state index in [1.165, 1.54) is 0 Å². The van der Waals surface area contributed by atoms with E-state index in [1.807, 2.05) is 48.5 Å². The normalized spacial score (nSPS) is 13.5. The molecule has 0 spiro atoms. The van der Waals surface area contributed by atoms with Crippen molar-refractivity contribution in [3.63, 3.8) is 0 Å². The summed E-state index contributed by atoms with van der Waals surface area (Å²) < 4.78 is 11.3. The van der Waals surface area contributed by atoms with Crippen LogP contribution in [-0.2, 0) is 9.59 Å². The summed E-state index contributed by atoms with van der Waals surface area (Å²) in [5.41, 5.74) is 1.83. The van der Waals surface area contributed by atoms with E-state index in [0.29, 0.717) is 41.1 Å². The third-order valence-electron chi connectivity index (χ3n) is 5.01. The molecule has 0 fully saturated rings. The minimum Gasteiger partial charge on any atom is -0.490 e. The number of para-hydroxylation sites is 1. The summed E-state index contributed by atoms with van der Waals surface area (Å²) in [6.45, 7) is 0.969. The van der Waals surface area contributed by atoms with E-state index in [0.717, 1.165) is 12.0 Å². The lowest BCUT2D eigenvalue weighted by molar-refractivity contribution is -0.119. The van der Waals surface area contributed by atoms with E-state index in [4.69, 9.17) is 21.1 Å². The highest BCUT2D eigenvalue weighted by atomic mass is 35.5. The van der Waals surface area contributed by atoms with E-state index in [2.05, 4.69) is 16.0 Å². The number of hydrogen-bond donors (Lipinski definition) is 3. The van der Waals surface area contributed by atoms with Crippen molar-refractivity contribution in [2.45, 2.75) is 12.5 Å². The Hall–Kier alpha value is -3.55. The summed E-state index contributed by atoms with van der Waals surface area (Å²) >= 11 is 6.32. The lowest BCUT2D eigenvalue weighted by atomic mass is 10.1. The molecule has 0 aromatic heterocycles. The Morgan fingerprint density at radius 2 is 1.52 bits per heavy atom. The second kappa shape index (κ2) is 10.8. The molecule has 33 heavy (non-hydrogen) atoms. The zero-order valence-electron chi connectivity index (χ0n) is 17.8. The molecule has 170 valence electrons. The highest BCUT2D eigenvalue weighted by molar-refractivity contribution is 6.34. The van der Waals surface area contributed by atoms with Gasteiger partial charge in [0, 0.05) is 24.2 Å². The van der Waals surface area contributed by atoms with E-state index in [-0.39, 0.29) is 18.4 Å². The van der Waals surface area contributed by atoms with E-state index in [9.17, 15) is 9.59 Å². The van der Waals surface area contributed by atoms with Gasteiger partial charge in [-0.2, -0.15) is 0 Å². The van der Waals surface area contributed by atoms with Gasteiger partial charge in [-0.05, 0) is 17.7 Å². The Labute approximate surface area is 197 Å². The predicted octanol–water partition coefficient (Wildman–Crippen LogP) is 4.41. The fourth-order valence-electron chi connectivity index (χ4n) is 3.41. The minimum absolute atomic E-state index is 0.105. The SMILES string of the molecule is O=C(CNC(C(=O)Nc1ccccc1)c1ccccc1)Nc1cc2c(cc1Cl)OCCCO2. The minimum atomic E-state index is -0.726. The molecule has 0 radical (unpaired) electrons. The van der Waals surface area contributed by atoms with Crippen molar-refractivity contribution in [3.8, 4) is 11.5 Å². The van der Waals surface area contributed by atoms with Gasteiger partial charge in [-0.1, -0.05) is 60.1 Å². The van der Waals surface area contributed by atoms with Crippen molar-refractivity contribution in [1.29, 1.82) is 0 Å². The Bertz CT molecular complexity index is 1110. The molecule has 3 aromatic rings. The summed E-state index contributed by atoms with van der Waals surface area (Å²) in [7, 11) is 0. The molecule has 1 heterocycles. The molecule has 0 saturated carbocycles. The molecule has 3 N–H and O–H groups in total.